The molecule has 1 unspecified atom stereocenters. The summed E-state index contributed by atoms with van der Waals surface area (Å²) in [5.74, 6) is 0.113. The molecule has 96 valence electrons. The molecule has 0 aliphatic rings. The van der Waals surface area contributed by atoms with Gasteiger partial charge < -0.3 is 9.84 Å². The molecule has 18 heavy (non-hydrogen) atoms. The van der Waals surface area contributed by atoms with E-state index in [0.29, 0.717) is 11.3 Å². The van der Waals surface area contributed by atoms with Crippen LogP contribution in [0.4, 0.5) is 4.39 Å². The van der Waals surface area contributed by atoms with Crippen molar-refractivity contribution in [2.75, 3.05) is 7.11 Å². The summed E-state index contributed by atoms with van der Waals surface area (Å²) in [6.07, 6.45) is -0.854. The van der Waals surface area contributed by atoms with Gasteiger partial charge in [-0.2, -0.15) is 0 Å². The van der Waals surface area contributed by atoms with Crippen LogP contribution in [0.1, 0.15) is 27.0 Å². The first-order chi connectivity index (χ1) is 8.52. The Labute approximate surface area is 110 Å². The maximum atomic E-state index is 13.3. The molecule has 1 heterocycles. The first-order valence-electron chi connectivity index (χ1n) is 5.61. The lowest BCUT2D eigenvalue weighted by Gasteiger charge is -2.13. The minimum Gasteiger partial charge on any atom is -0.496 e. The third-order valence-corrected chi connectivity index (χ3v) is 4.15. The second-order valence-electron chi connectivity index (χ2n) is 4.18. The van der Waals surface area contributed by atoms with Crippen LogP contribution in [0.5, 0.6) is 5.75 Å². The fourth-order valence-electron chi connectivity index (χ4n) is 1.81. The Bertz CT molecular complexity index is 543. The van der Waals surface area contributed by atoms with E-state index in [1.165, 1.54) is 36.6 Å². The summed E-state index contributed by atoms with van der Waals surface area (Å²) in [5, 5.41) is 10.3. The number of halogens is 1. The molecule has 1 N–H and O–H groups in total. The molecule has 1 aromatic carbocycles. The van der Waals surface area contributed by atoms with Crippen LogP contribution in [0.15, 0.2) is 24.3 Å². The number of aryl methyl sites for hydroxylation is 2. The van der Waals surface area contributed by atoms with Gasteiger partial charge in [-0.05, 0) is 43.7 Å². The van der Waals surface area contributed by atoms with Gasteiger partial charge in [0.1, 0.15) is 17.7 Å². The zero-order valence-electron chi connectivity index (χ0n) is 10.5. The van der Waals surface area contributed by atoms with Crippen LogP contribution < -0.4 is 4.74 Å². The fourth-order valence-corrected chi connectivity index (χ4v) is 2.86. The second-order valence-corrected chi connectivity index (χ2v) is 5.46. The zero-order valence-corrected chi connectivity index (χ0v) is 11.3. The molecule has 2 aromatic rings. The summed E-state index contributed by atoms with van der Waals surface area (Å²) in [6.45, 7) is 3.99. The van der Waals surface area contributed by atoms with Crippen molar-refractivity contribution in [3.63, 3.8) is 0 Å². The predicted octanol–water partition coefficient (Wildman–Crippen LogP) is 3.59. The molecule has 0 aliphatic carbocycles. The zero-order chi connectivity index (χ0) is 13.3. The molecule has 0 spiro atoms. The SMILES string of the molecule is COc1ccc(F)cc1C(O)c1cc(C)c(C)s1. The maximum Gasteiger partial charge on any atom is 0.125 e. The van der Waals surface area contributed by atoms with Crippen LogP contribution in [-0.2, 0) is 0 Å². The van der Waals surface area contributed by atoms with E-state index in [1.54, 1.807) is 0 Å². The third-order valence-electron chi connectivity index (χ3n) is 2.94. The number of thiophene rings is 1. The van der Waals surface area contributed by atoms with Crippen molar-refractivity contribution in [3.8, 4) is 5.75 Å². The van der Waals surface area contributed by atoms with Gasteiger partial charge in [0.25, 0.3) is 0 Å². The Morgan fingerprint density at radius 1 is 1.28 bits per heavy atom. The van der Waals surface area contributed by atoms with E-state index in [0.717, 1.165) is 15.3 Å². The summed E-state index contributed by atoms with van der Waals surface area (Å²) in [6, 6.07) is 6.09. The number of aliphatic hydroxyl groups excluding tert-OH is 1. The highest BCUT2D eigenvalue weighted by Gasteiger charge is 2.18. The summed E-state index contributed by atoms with van der Waals surface area (Å²) in [5.41, 5.74) is 1.59. The van der Waals surface area contributed by atoms with Gasteiger partial charge in [-0.15, -0.1) is 11.3 Å². The normalized spacial score (nSPS) is 12.5. The van der Waals surface area contributed by atoms with E-state index in [4.69, 9.17) is 4.74 Å². The molecule has 0 aliphatic heterocycles. The number of hydrogen-bond acceptors (Lipinski definition) is 3. The fraction of sp³-hybridized carbons (Fsp3) is 0.286. The van der Waals surface area contributed by atoms with Crippen LogP contribution in [-0.4, -0.2) is 12.2 Å². The third kappa shape index (κ3) is 2.40. The number of methoxy groups -OCH3 is 1. The van der Waals surface area contributed by atoms with Crippen molar-refractivity contribution < 1.29 is 14.2 Å². The average molecular weight is 266 g/mol. The first-order valence-corrected chi connectivity index (χ1v) is 6.43. The van der Waals surface area contributed by atoms with E-state index in [9.17, 15) is 9.50 Å². The van der Waals surface area contributed by atoms with Crippen molar-refractivity contribution >= 4 is 11.3 Å². The lowest BCUT2D eigenvalue weighted by Crippen LogP contribution is -2.01. The highest BCUT2D eigenvalue weighted by atomic mass is 32.1. The van der Waals surface area contributed by atoms with Gasteiger partial charge in [0.05, 0.1) is 7.11 Å². The van der Waals surface area contributed by atoms with Crippen LogP contribution in [0, 0.1) is 19.7 Å². The van der Waals surface area contributed by atoms with Gasteiger partial charge in [0.2, 0.25) is 0 Å². The second kappa shape index (κ2) is 5.08. The van der Waals surface area contributed by atoms with Crippen LogP contribution in [0.25, 0.3) is 0 Å². The van der Waals surface area contributed by atoms with E-state index in [1.807, 2.05) is 19.9 Å². The summed E-state index contributed by atoms with van der Waals surface area (Å²) >= 11 is 1.51. The lowest BCUT2D eigenvalue weighted by atomic mass is 10.1. The Morgan fingerprint density at radius 3 is 2.56 bits per heavy atom. The van der Waals surface area contributed by atoms with Crippen molar-refractivity contribution in [1.82, 2.24) is 0 Å². The Balaban J connectivity index is 2.44. The highest BCUT2D eigenvalue weighted by Crippen LogP contribution is 2.35. The number of rotatable bonds is 3. The highest BCUT2D eigenvalue weighted by molar-refractivity contribution is 7.12. The van der Waals surface area contributed by atoms with Gasteiger partial charge >= 0.3 is 0 Å². The van der Waals surface area contributed by atoms with Gasteiger partial charge in [0.15, 0.2) is 0 Å². The predicted molar refractivity (Wildman–Crippen MR) is 70.8 cm³/mol. The Hall–Kier alpha value is -1.39. The number of aliphatic hydroxyl groups is 1. The molecule has 0 saturated carbocycles. The molecule has 0 saturated heterocycles. The van der Waals surface area contributed by atoms with Crippen molar-refractivity contribution in [3.05, 3.63) is 51.0 Å². The average Bonchev–Trinajstić information content (AvgIpc) is 2.68. The number of hydrogen-bond donors (Lipinski definition) is 1. The Morgan fingerprint density at radius 2 is 2.00 bits per heavy atom. The van der Waals surface area contributed by atoms with Crippen molar-refractivity contribution in [2.24, 2.45) is 0 Å². The van der Waals surface area contributed by atoms with E-state index in [-0.39, 0.29) is 5.82 Å². The van der Waals surface area contributed by atoms with Crippen LogP contribution in [0.2, 0.25) is 0 Å². The topological polar surface area (TPSA) is 29.5 Å². The first kappa shape index (κ1) is 13.1. The Kier molecular flexibility index (Phi) is 3.68. The molecular formula is C14H15FO2S. The van der Waals surface area contributed by atoms with Gasteiger partial charge in [0, 0.05) is 15.3 Å². The summed E-state index contributed by atoms with van der Waals surface area (Å²) < 4.78 is 18.4. The van der Waals surface area contributed by atoms with E-state index >= 15 is 0 Å². The molecule has 2 nitrogen and oxygen atoms in total. The van der Waals surface area contributed by atoms with Crippen LogP contribution >= 0.6 is 11.3 Å². The van der Waals surface area contributed by atoms with E-state index < -0.39 is 6.10 Å². The number of ether oxygens (including phenoxy) is 1. The smallest absolute Gasteiger partial charge is 0.125 e. The molecule has 2 rings (SSSR count). The molecule has 1 atom stereocenters. The van der Waals surface area contributed by atoms with Crippen molar-refractivity contribution in [2.45, 2.75) is 20.0 Å². The molecule has 0 fully saturated rings. The largest absolute Gasteiger partial charge is 0.496 e. The van der Waals surface area contributed by atoms with Crippen LogP contribution in [0.3, 0.4) is 0 Å². The monoisotopic (exact) mass is 266 g/mol. The van der Waals surface area contributed by atoms with Gasteiger partial charge in [-0.1, -0.05) is 0 Å². The molecular weight excluding hydrogens is 251 g/mol. The number of benzene rings is 1. The quantitative estimate of drug-likeness (QED) is 0.920. The summed E-state index contributed by atoms with van der Waals surface area (Å²) in [4.78, 5) is 1.95. The van der Waals surface area contributed by atoms with Gasteiger partial charge in [-0.3, -0.25) is 0 Å². The maximum absolute atomic E-state index is 13.3. The standard InChI is InChI=1S/C14H15FO2S/c1-8-6-13(18-9(8)2)14(16)11-7-10(15)4-5-12(11)17-3/h4-7,14,16H,1-3H3. The molecule has 0 bridgehead atoms. The minimum atomic E-state index is -0.854. The molecule has 0 radical (unpaired) electrons. The molecule has 1 aromatic heterocycles. The minimum absolute atomic E-state index is 0.380. The lowest BCUT2D eigenvalue weighted by molar-refractivity contribution is 0.218. The van der Waals surface area contributed by atoms with Crippen molar-refractivity contribution in [1.29, 1.82) is 0 Å². The van der Waals surface area contributed by atoms with E-state index in [2.05, 4.69) is 0 Å². The molecule has 4 heteroatoms. The molecule has 0 amide bonds. The van der Waals surface area contributed by atoms with Gasteiger partial charge in [-0.25, -0.2) is 4.39 Å². The summed E-state index contributed by atoms with van der Waals surface area (Å²) in [7, 11) is 1.51.